The van der Waals surface area contributed by atoms with E-state index in [4.69, 9.17) is 9.47 Å². The molecule has 7 nitrogen and oxygen atoms in total. The molecule has 120 valence electrons. The number of aryl methyl sites for hydroxylation is 1. The van der Waals surface area contributed by atoms with Gasteiger partial charge in [-0.05, 0) is 37.3 Å². The normalized spacial score (nSPS) is 17.0. The molecule has 0 radical (unpaired) electrons. The Morgan fingerprint density at radius 1 is 1.39 bits per heavy atom. The van der Waals surface area contributed by atoms with Crippen LogP contribution in [0.15, 0.2) is 36.5 Å². The van der Waals surface area contributed by atoms with Crippen LogP contribution in [0.5, 0.6) is 5.75 Å². The second kappa shape index (κ2) is 6.62. The molecule has 1 unspecified atom stereocenters. The summed E-state index contributed by atoms with van der Waals surface area (Å²) in [5, 5.41) is 13.9. The molecule has 23 heavy (non-hydrogen) atoms. The molecule has 1 N–H and O–H groups in total. The van der Waals surface area contributed by atoms with Gasteiger partial charge in [0.1, 0.15) is 23.9 Å². The summed E-state index contributed by atoms with van der Waals surface area (Å²) in [5.74, 6) is 1.35. The molecule has 1 aliphatic rings. The van der Waals surface area contributed by atoms with Crippen molar-refractivity contribution in [2.45, 2.75) is 19.4 Å². The number of ether oxygens (including phenoxy) is 2. The molecule has 1 atom stereocenters. The van der Waals surface area contributed by atoms with Crippen LogP contribution in [0.4, 0.5) is 17.2 Å². The smallest absolute Gasteiger partial charge is 0.290 e. The predicted molar refractivity (Wildman–Crippen MR) is 85.2 cm³/mol. The zero-order valence-electron chi connectivity index (χ0n) is 12.7. The Labute approximate surface area is 133 Å². The maximum Gasteiger partial charge on any atom is 0.290 e. The minimum Gasteiger partial charge on any atom is -0.488 e. The van der Waals surface area contributed by atoms with E-state index in [0.717, 1.165) is 24.5 Å². The molecule has 3 rings (SSSR count). The van der Waals surface area contributed by atoms with Crippen molar-refractivity contribution in [2.24, 2.45) is 0 Å². The Kier molecular flexibility index (Phi) is 4.38. The van der Waals surface area contributed by atoms with Crippen LogP contribution < -0.4 is 10.1 Å². The highest BCUT2D eigenvalue weighted by Gasteiger charge is 2.17. The van der Waals surface area contributed by atoms with Crippen LogP contribution in [-0.2, 0) is 4.74 Å². The average Bonchev–Trinajstić information content (AvgIpc) is 3.02. The Morgan fingerprint density at radius 3 is 2.78 bits per heavy atom. The predicted octanol–water partition coefficient (Wildman–Crippen LogP) is 3.21. The molecule has 0 aliphatic carbocycles. The van der Waals surface area contributed by atoms with Gasteiger partial charge in [0, 0.05) is 17.7 Å². The summed E-state index contributed by atoms with van der Waals surface area (Å²) in [6.45, 7) is 3.06. The number of aromatic nitrogens is 1. The van der Waals surface area contributed by atoms with E-state index in [1.807, 2.05) is 24.3 Å². The van der Waals surface area contributed by atoms with E-state index in [1.165, 1.54) is 6.20 Å². The average molecular weight is 315 g/mol. The first-order valence-electron chi connectivity index (χ1n) is 7.34. The fourth-order valence-corrected chi connectivity index (χ4v) is 2.37. The third-order valence-electron chi connectivity index (χ3n) is 3.60. The van der Waals surface area contributed by atoms with Gasteiger partial charge in [0.15, 0.2) is 0 Å². The SMILES string of the molecule is Cc1cc(Nc2ccc(OC3CCOC3)cc2)ncc1[N+](=O)[O-]. The van der Waals surface area contributed by atoms with Crippen molar-refractivity contribution in [2.75, 3.05) is 18.5 Å². The fourth-order valence-electron chi connectivity index (χ4n) is 2.37. The largest absolute Gasteiger partial charge is 0.488 e. The lowest BCUT2D eigenvalue weighted by Gasteiger charge is -2.12. The van der Waals surface area contributed by atoms with E-state index in [-0.39, 0.29) is 11.8 Å². The zero-order valence-corrected chi connectivity index (χ0v) is 12.7. The van der Waals surface area contributed by atoms with Crippen molar-refractivity contribution in [3.8, 4) is 5.75 Å². The number of anilines is 2. The first kappa shape index (κ1) is 15.2. The van der Waals surface area contributed by atoms with Gasteiger partial charge >= 0.3 is 0 Å². The van der Waals surface area contributed by atoms with Crippen molar-refractivity contribution in [3.05, 3.63) is 52.2 Å². The van der Waals surface area contributed by atoms with Gasteiger partial charge in [0.2, 0.25) is 0 Å². The second-order valence-electron chi connectivity index (χ2n) is 5.37. The number of pyridine rings is 1. The van der Waals surface area contributed by atoms with E-state index in [1.54, 1.807) is 13.0 Å². The van der Waals surface area contributed by atoms with Gasteiger partial charge in [-0.2, -0.15) is 0 Å². The molecular weight excluding hydrogens is 298 g/mol. The number of nitrogens with zero attached hydrogens (tertiary/aromatic N) is 2. The Hall–Kier alpha value is -2.67. The highest BCUT2D eigenvalue weighted by molar-refractivity contribution is 5.59. The number of nitrogens with one attached hydrogen (secondary N) is 1. The van der Waals surface area contributed by atoms with E-state index in [0.29, 0.717) is 18.0 Å². The van der Waals surface area contributed by atoms with Gasteiger partial charge in [0.05, 0.1) is 18.1 Å². The van der Waals surface area contributed by atoms with Crippen LogP contribution in [0.3, 0.4) is 0 Å². The van der Waals surface area contributed by atoms with Crippen LogP contribution in [0.2, 0.25) is 0 Å². The van der Waals surface area contributed by atoms with Gasteiger partial charge in [-0.25, -0.2) is 4.98 Å². The highest BCUT2D eigenvalue weighted by atomic mass is 16.6. The molecule has 1 saturated heterocycles. The number of benzene rings is 1. The molecule has 1 aromatic heterocycles. The van der Waals surface area contributed by atoms with Gasteiger partial charge in [-0.3, -0.25) is 10.1 Å². The molecule has 2 heterocycles. The number of hydrogen-bond donors (Lipinski definition) is 1. The van der Waals surface area contributed by atoms with E-state index < -0.39 is 4.92 Å². The van der Waals surface area contributed by atoms with Crippen molar-refractivity contribution in [3.63, 3.8) is 0 Å². The van der Waals surface area contributed by atoms with Gasteiger partial charge in [0.25, 0.3) is 5.69 Å². The third kappa shape index (κ3) is 3.75. The summed E-state index contributed by atoms with van der Waals surface area (Å²) in [6, 6.07) is 9.16. The Bertz CT molecular complexity index is 697. The summed E-state index contributed by atoms with van der Waals surface area (Å²) >= 11 is 0. The molecule has 2 aromatic rings. The van der Waals surface area contributed by atoms with Crippen LogP contribution in [0, 0.1) is 17.0 Å². The molecule has 1 aliphatic heterocycles. The minimum atomic E-state index is -0.440. The van der Waals surface area contributed by atoms with Crippen molar-refractivity contribution < 1.29 is 14.4 Å². The third-order valence-corrected chi connectivity index (χ3v) is 3.60. The molecule has 0 saturated carbocycles. The van der Waals surface area contributed by atoms with Crippen molar-refractivity contribution >= 4 is 17.2 Å². The lowest BCUT2D eigenvalue weighted by molar-refractivity contribution is -0.385. The summed E-state index contributed by atoms with van der Waals surface area (Å²) in [5.41, 5.74) is 1.41. The first-order valence-corrected chi connectivity index (χ1v) is 7.34. The first-order chi connectivity index (χ1) is 11.1. The van der Waals surface area contributed by atoms with Crippen molar-refractivity contribution in [1.29, 1.82) is 0 Å². The summed E-state index contributed by atoms with van der Waals surface area (Å²) < 4.78 is 11.1. The van der Waals surface area contributed by atoms with E-state index >= 15 is 0 Å². The lowest BCUT2D eigenvalue weighted by atomic mass is 10.2. The molecule has 0 spiro atoms. The summed E-state index contributed by atoms with van der Waals surface area (Å²) in [4.78, 5) is 14.4. The topological polar surface area (TPSA) is 86.5 Å². The molecule has 0 amide bonds. The quantitative estimate of drug-likeness (QED) is 0.673. The minimum absolute atomic E-state index is 0.0121. The Morgan fingerprint density at radius 2 is 2.17 bits per heavy atom. The fraction of sp³-hybridized carbons (Fsp3) is 0.312. The van der Waals surface area contributed by atoms with Crippen LogP contribution in [0.25, 0.3) is 0 Å². The molecular formula is C16H17N3O4. The number of nitro groups is 1. The molecule has 0 bridgehead atoms. The van der Waals surface area contributed by atoms with Crippen LogP contribution >= 0.6 is 0 Å². The zero-order chi connectivity index (χ0) is 16.2. The van der Waals surface area contributed by atoms with Crippen LogP contribution in [-0.4, -0.2) is 29.2 Å². The van der Waals surface area contributed by atoms with Gasteiger partial charge in [-0.15, -0.1) is 0 Å². The Balaban J connectivity index is 1.65. The maximum absolute atomic E-state index is 10.8. The standard InChI is InChI=1S/C16H17N3O4/c1-11-8-16(17-9-15(11)19(20)21)18-12-2-4-13(5-3-12)23-14-6-7-22-10-14/h2-5,8-9,14H,6-7,10H2,1H3,(H,17,18). The molecule has 1 aromatic carbocycles. The van der Waals surface area contributed by atoms with Gasteiger partial charge < -0.3 is 14.8 Å². The molecule has 7 heteroatoms. The molecule has 1 fully saturated rings. The van der Waals surface area contributed by atoms with Crippen molar-refractivity contribution in [1.82, 2.24) is 4.98 Å². The number of hydrogen-bond acceptors (Lipinski definition) is 6. The number of rotatable bonds is 5. The monoisotopic (exact) mass is 315 g/mol. The lowest BCUT2D eigenvalue weighted by Crippen LogP contribution is -2.15. The maximum atomic E-state index is 10.8. The van der Waals surface area contributed by atoms with Crippen LogP contribution in [0.1, 0.15) is 12.0 Å². The second-order valence-corrected chi connectivity index (χ2v) is 5.37. The summed E-state index contributed by atoms with van der Waals surface area (Å²) in [7, 11) is 0. The summed E-state index contributed by atoms with van der Waals surface area (Å²) in [6.07, 6.45) is 2.29. The van der Waals surface area contributed by atoms with E-state index in [9.17, 15) is 10.1 Å². The highest BCUT2D eigenvalue weighted by Crippen LogP contribution is 2.24. The van der Waals surface area contributed by atoms with E-state index in [2.05, 4.69) is 10.3 Å². The van der Waals surface area contributed by atoms with Gasteiger partial charge in [-0.1, -0.05) is 0 Å².